The predicted octanol–water partition coefficient (Wildman–Crippen LogP) is -0.842. The van der Waals surface area contributed by atoms with Gasteiger partial charge in [-0.15, -0.1) is 0 Å². The third-order valence-corrected chi connectivity index (χ3v) is 1.06. The number of nitrogens with zero attached hydrogens (tertiary/aromatic N) is 1. The number of rotatable bonds is 3. The second-order valence-electron chi connectivity index (χ2n) is 1.94. The molecule has 5 nitrogen and oxygen atoms in total. The maximum absolute atomic E-state index is 10.2. The molecule has 1 unspecified atom stereocenters. The van der Waals surface area contributed by atoms with Crippen LogP contribution in [0.3, 0.4) is 0 Å². The predicted molar refractivity (Wildman–Crippen MR) is 31.2 cm³/mol. The molecule has 0 aliphatic carbocycles. The van der Waals surface area contributed by atoms with Crippen molar-refractivity contribution >= 4 is 12.0 Å². The van der Waals surface area contributed by atoms with Crippen molar-refractivity contribution in [3.8, 4) is 0 Å². The van der Waals surface area contributed by atoms with E-state index < -0.39 is 18.1 Å². The molecule has 0 saturated carbocycles. The van der Waals surface area contributed by atoms with Crippen LogP contribution in [0, 0.1) is 0 Å². The standard InChI is InChI=1S/C5H7NO4/c1-5(2-7,4(9)10)6-3-8/h7H,2H2,1H3,(H,9,10). The first kappa shape index (κ1) is 8.81. The second-order valence-corrected chi connectivity index (χ2v) is 1.94. The topological polar surface area (TPSA) is 87.0 Å². The highest BCUT2D eigenvalue weighted by molar-refractivity contribution is 5.79. The van der Waals surface area contributed by atoms with E-state index >= 15 is 0 Å². The van der Waals surface area contributed by atoms with E-state index in [0.717, 1.165) is 13.0 Å². The van der Waals surface area contributed by atoms with E-state index in [1.165, 1.54) is 0 Å². The van der Waals surface area contributed by atoms with Crippen molar-refractivity contribution < 1.29 is 19.8 Å². The Morgan fingerprint density at radius 3 is 2.40 bits per heavy atom. The van der Waals surface area contributed by atoms with Crippen molar-refractivity contribution in [3.05, 3.63) is 0 Å². The first-order chi connectivity index (χ1) is 4.56. The Morgan fingerprint density at radius 2 is 2.30 bits per heavy atom. The highest BCUT2D eigenvalue weighted by atomic mass is 16.4. The van der Waals surface area contributed by atoms with Crippen LogP contribution in [-0.4, -0.2) is 34.4 Å². The summed E-state index contributed by atoms with van der Waals surface area (Å²) in [6.07, 6.45) is 1.07. The smallest absolute Gasteiger partial charge is 0.334 e. The number of aliphatic imine (C=N–C) groups is 1. The molecule has 0 aliphatic rings. The van der Waals surface area contributed by atoms with Crippen LogP contribution in [0.4, 0.5) is 0 Å². The van der Waals surface area contributed by atoms with Crippen LogP contribution >= 0.6 is 0 Å². The monoisotopic (exact) mass is 145 g/mol. The van der Waals surface area contributed by atoms with Crippen LogP contribution in [0.25, 0.3) is 0 Å². The van der Waals surface area contributed by atoms with Gasteiger partial charge in [0, 0.05) is 0 Å². The summed E-state index contributed by atoms with van der Waals surface area (Å²) < 4.78 is 0. The van der Waals surface area contributed by atoms with Gasteiger partial charge in [0.05, 0.1) is 6.61 Å². The zero-order valence-corrected chi connectivity index (χ0v) is 5.37. The Morgan fingerprint density at radius 1 is 1.80 bits per heavy atom. The van der Waals surface area contributed by atoms with Crippen molar-refractivity contribution in [2.24, 2.45) is 4.99 Å². The van der Waals surface area contributed by atoms with Crippen molar-refractivity contribution in [2.45, 2.75) is 12.5 Å². The Labute approximate surface area is 57.0 Å². The summed E-state index contributed by atoms with van der Waals surface area (Å²) >= 11 is 0. The molecule has 0 radical (unpaired) electrons. The maximum Gasteiger partial charge on any atom is 0.334 e. The molecule has 0 aromatic heterocycles. The number of carbonyl (C=O) groups excluding carboxylic acids is 1. The number of isocyanates is 1. The summed E-state index contributed by atoms with van der Waals surface area (Å²) in [7, 11) is 0. The summed E-state index contributed by atoms with van der Waals surface area (Å²) in [6.45, 7) is 0.414. The zero-order valence-electron chi connectivity index (χ0n) is 5.37. The minimum absolute atomic E-state index is 0.711. The van der Waals surface area contributed by atoms with Gasteiger partial charge in [-0.2, -0.15) is 4.99 Å². The van der Waals surface area contributed by atoms with Gasteiger partial charge in [-0.05, 0) is 6.92 Å². The molecule has 0 fully saturated rings. The fourth-order valence-corrected chi connectivity index (χ4v) is 0.252. The van der Waals surface area contributed by atoms with Crippen molar-refractivity contribution in [2.75, 3.05) is 6.61 Å². The molecule has 0 aliphatic heterocycles. The van der Waals surface area contributed by atoms with Crippen LogP contribution in [-0.2, 0) is 9.59 Å². The van der Waals surface area contributed by atoms with Crippen LogP contribution in [0.15, 0.2) is 4.99 Å². The molecule has 2 N–H and O–H groups in total. The number of carboxylic acids is 1. The Balaban J connectivity index is 4.54. The SMILES string of the molecule is CC(CO)(N=C=O)C(=O)O. The third kappa shape index (κ3) is 1.65. The van der Waals surface area contributed by atoms with Crippen LogP contribution in [0.2, 0.25) is 0 Å². The highest BCUT2D eigenvalue weighted by Crippen LogP contribution is 2.07. The molecule has 0 spiro atoms. The Bertz CT molecular complexity index is 180. The largest absolute Gasteiger partial charge is 0.479 e. The zero-order chi connectivity index (χ0) is 8.20. The van der Waals surface area contributed by atoms with Gasteiger partial charge < -0.3 is 10.2 Å². The Kier molecular flexibility index (Phi) is 2.73. The van der Waals surface area contributed by atoms with E-state index in [0.29, 0.717) is 0 Å². The normalized spacial score (nSPS) is 15.0. The number of hydrogen-bond acceptors (Lipinski definition) is 4. The lowest BCUT2D eigenvalue weighted by Crippen LogP contribution is -2.36. The molecule has 0 amide bonds. The van der Waals surface area contributed by atoms with E-state index in [4.69, 9.17) is 10.2 Å². The van der Waals surface area contributed by atoms with Gasteiger partial charge in [-0.25, -0.2) is 9.59 Å². The first-order valence-corrected chi connectivity index (χ1v) is 2.50. The molecule has 56 valence electrons. The van der Waals surface area contributed by atoms with Crippen LogP contribution < -0.4 is 0 Å². The van der Waals surface area contributed by atoms with Gasteiger partial charge in [0.2, 0.25) is 6.08 Å². The lowest BCUT2D eigenvalue weighted by molar-refractivity contribution is -0.143. The number of hydrogen-bond donors (Lipinski definition) is 2. The van der Waals surface area contributed by atoms with E-state index in [-0.39, 0.29) is 0 Å². The fourth-order valence-electron chi connectivity index (χ4n) is 0.252. The van der Waals surface area contributed by atoms with Crippen molar-refractivity contribution in [3.63, 3.8) is 0 Å². The van der Waals surface area contributed by atoms with E-state index in [9.17, 15) is 9.59 Å². The fraction of sp³-hybridized carbons (Fsp3) is 0.600. The molecular weight excluding hydrogens is 138 g/mol. The van der Waals surface area contributed by atoms with Crippen LogP contribution in [0.1, 0.15) is 6.92 Å². The van der Waals surface area contributed by atoms with Crippen LogP contribution in [0.5, 0.6) is 0 Å². The second kappa shape index (κ2) is 3.10. The molecule has 1 atom stereocenters. The number of carbonyl (C=O) groups is 1. The molecule has 0 saturated heterocycles. The molecule has 5 heteroatoms. The quantitative estimate of drug-likeness (QED) is 0.400. The minimum atomic E-state index is -1.73. The number of aliphatic hydroxyl groups excluding tert-OH is 1. The minimum Gasteiger partial charge on any atom is -0.479 e. The molecule has 0 aromatic carbocycles. The van der Waals surface area contributed by atoms with E-state index in [1.54, 1.807) is 0 Å². The van der Waals surface area contributed by atoms with Gasteiger partial charge >= 0.3 is 5.97 Å². The molecule has 0 bridgehead atoms. The summed E-state index contributed by atoms with van der Waals surface area (Å²) in [5.41, 5.74) is -1.73. The van der Waals surface area contributed by atoms with Crippen molar-refractivity contribution in [1.82, 2.24) is 0 Å². The number of aliphatic hydroxyl groups is 1. The van der Waals surface area contributed by atoms with Gasteiger partial charge in [0.15, 0.2) is 5.54 Å². The average molecular weight is 145 g/mol. The van der Waals surface area contributed by atoms with Gasteiger partial charge in [0.1, 0.15) is 0 Å². The summed E-state index contributed by atoms with van der Waals surface area (Å²) in [6, 6.07) is 0. The summed E-state index contributed by atoms with van der Waals surface area (Å²) in [5, 5.41) is 16.8. The summed E-state index contributed by atoms with van der Waals surface area (Å²) in [5.74, 6) is -1.35. The number of aliphatic carboxylic acids is 1. The lowest BCUT2D eigenvalue weighted by atomic mass is 10.1. The summed E-state index contributed by atoms with van der Waals surface area (Å²) in [4.78, 5) is 22.7. The van der Waals surface area contributed by atoms with Gasteiger partial charge in [-0.1, -0.05) is 0 Å². The molecule has 0 aromatic rings. The third-order valence-electron chi connectivity index (χ3n) is 1.06. The van der Waals surface area contributed by atoms with E-state index in [1.807, 2.05) is 0 Å². The highest BCUT2D eigenvalue weighted by Gasteiger charge is 2.31. The number of carboxylic acid groups (broad SMARTS) is 1. The average Bonchev–Trinajstić information content (AvgIpc) is 1.88. The van der Waals surface area contributed by atoms with Crippen molar-refractivity contribution in [1.29, 1.82) is 0 Å². The first-order valence-electron chi connectivity index (χ1n) is 2.50. The molecular formula is C5H7NO4. The lowest BCUT2D eigenvalue weighted by Gasteiger charge is -2.12. The molecule has 0 rings (SSSR count). The molecule has 0 heterocycles. The Hall–Kier alpha value is -1.19. The molecule has 10 heavy (non-hydrogen) atoms. The van der Waals surface area contributed by atoms with E-state index in [2.05, 4.69) is 4.99 Å². The maximum atomic E-state index is 10.2. The van der Waals surface area contributed by atoms with Gasteiger partial charge in [0.25, 0.3) is 0 Å². The van der Waals surface area contributed by atoms with Gasteiger partial charge in [-0.3, -0.25) is 0 Å².